The summed E-state index contributed by atoms with van der Waals surface area (Å²) in [6.45, 7) is 0. The van der Waals surface area contributed by atoms with Crippen molar-refractivity contribution in [1.29, 1.82) is 0 Å². The number of anilines is 3. The molecule has 4 nitrogen and oxygen atoms in total. The van der Waals surface area contributed by atoms with Gasteiger partial charge < -0.3 is 13.7 Å². The Bertz CT molecular complexity index is 2770. The van der Waals surface area contributed by atoms with Gasteiger partial charge in [-0.2, -0.15) is 0 Å². The number of benzene rings is 7. The molecular formula is C41H24N2O2S. The van der Waals surface area contributed by atoms with Gasteiger partial charge in [-0.15, -0.1) is 11.3 Å². The summed E-state index contributed by atoms with van der Waals surface area (Å²) < 4.78 is 15.4. The van der Waals surface area contributed by atoms with Crippen LogP contribution in [0.4, 0.5) is 17.1 Å². The van der Waals surface area contributed by atoms with Crippen molar-refractivity contribution >= 4 is 92.4 Å². The quantitative estimate of drug-likeness (QED) is 0.199. The smallest absolute Gasteiger partial charge is 0.227 e. The molecule has 46 heavy (non-hydrogen) atoms. The van der Waals surface area contributed by atoms with Crippen LogP contribution in [0.3, 0.4) is 0 Å². The summed E-state index contributed by atoms with van der Waals surface area (Å²) in [6.07, 6.45) is 0. The van der Waals surface area contributed by atoms with Gasteiger partial charge >= 0.3 is 0 Å². The van der Waals surface area contributed by atoms with Crippen LogP contribution >= 0.6 is 11.3 Å². The molecule has 3 aromatic heterocycles. The molecule has 0 N–H and O–H groups in total. The Balaban J connectivity index is 1.27. The van der Waals surface area contributed by atoms with Crippen molar-refractivity contribution in [3.05, 3.63) is 146 Å². The fraction of sp³-hybridized carbons (Fsp3) is 0. The zero-order chi connectivity index (χ0) is 30.2. The maximum absolute atomic E-state index is 6.46. The Kier molecular flexibility index (Phi) is 5.41. The lowest BCUT2D eigenvalue weighted by molar-refractivity contribution is 0.623. The van der Waals surface area contributed by atoms with E-state index in [0.29, 0.717) is 5.89 Å². The number of aromatic nitrogens is 1. The standard InChI is InChI=1S/C41H24N2O2S/c1-2-10-25(11-3-1)41-42-34-24-35(28-12-4-5-15-32(28)40(34)45-41)43(26-19-21-39-33(22-26)31-14-7-9-17-38(31)46-39)27-18-20-30-29-13-6-8-16-36(29)44-37(30)23-27/h1-24H. The van der Waals surface area contributed by atoms with Crippen LogP contribution in [-0.4, -0.2) is 4.98 Å². The number of furan rings is 1. The molecule has 0 aliphatic rings. The molecule has 10 aromatic rings. The number of nitrogens with zero attached hydrogens (tertiary/aromatic N) is 2. The van der Waals surface area contributed by atoms with Gasteiger partial charge in [-0.3, -0.25) is 0 Å². The number of fused-ring (bicyclic) bond motifs is 9. The fourth-order valence-corrected chi connectivity index (χ4v) is 7.84. The van der Waals surface area contributed by atoms with E-state index in [1.165, 1.54) is 20.2 Å². The predicted molar refractivity (Wildman–Crippen MR) is 192 cm³/mol. The van der Waals surface area contributed by atoms with Crippen LogP contribution in [0.15, 0.2) is 154 Å². The highest BCUT2D eigenvalue weighted by Gasteiger charge is 2.22. The summed E-state index contributed by atoms with van der Waals surface area (Å²) in [5.41, 5.74) is 7.36. The number of thiophene rings is 1. The zero-order valence-corrected chi connectivity index (χ0v) is 25.3. The van der Waals surface area contributed by atoms with Crippen LogP contribution in [0.1, 0.15) is 0 Å². The lowest BCUT2D eigenvalue weighted by atomic mass is 10.0. The normalized spacial score (nSPS) is 11.9. The topological polar surface area (TPSA) is 42.4 Å². The van der Waals surface area contributed by atoms with Crippen LogP contribution in [0.5, 0.6) is 0 Å². The molecule has 0 saturated heterocycles. The highest BCUT2D eigenvalue weighted by Crippen LogP contribution is 2.46. The highest BCUT2D eigenvalue weighted by atomic mass is 32.1. The van der Waals surface area contributed by atoms with E-state index in [-0.39, 0.29) is 0 Å². The average Bonchev–Trinajstić information content (AvgIpc) is 3.82. The molecule has 0 fully saturated rings. The van der Waals surface area contributed by atoms with Crippen LogP contribution in [0, 0.1) is 0 Å². The maximum Gasteiger partial charge on any atom is 0.227 e. The average molecular weight is 609 g/mol. The predicted octanol–water partition coefficient (Wildman–Crippen LogP) is 12.4. The van der Waals surface area contributed by atoms with E-state index in [2.05, 4.69) is 108 Å². The van der Waals surface area contributed by atoms with Crippen molar-refractivity contribution in [2.75, 3.05) is 4.90 Å². The maximum atomic E-state index is 6.46. The number of para-hydroxylation sites is 1. The fourth-order valence-electron chi connectivity index (χ4n) is 6.76. The van der Waals surface area contributed by atoms with Gasteiger partial charge in [-0.1, -0.05) is 78.9 Å². The third-order valence-electron chi connectivity index (χ3n) is 8.88. The van der Waals surface area contributed by atoms with Gasteiger partial charge in [0, 0.05) is 64.7 Å². The van der Waals surface area contributed by atoms with Gasteiger partial charge in [-0.05, 0) is 60.7 Å². The minimum atomic E-state index is 0.610. The second-order valence-corrected chi connectivity index (χ2v) is 12.7. The van der Waals surface area contributed by atoms with Crippen molar-refractivity contribution < 1.29 is 8.83 Å². The molecule has 3 heterocycles. The SMILES string of the molecule is c1ccc(-c2nc3cc(N(c4ccc5c(c4)oc4ccccc45)c4ccc5sc6ccccc6c5c4)c4ccccc4c3o2)cc1. The van der Waals surface area contributed by atoms with E-state index in [1.54, 1.807) is 0 Å². The van der Waals surface area contributed by atoms with E-state index >= 15 is 0 Å². The molecule has 0 aliphatic carbocycles. The van der Waals surface area contributed by atoms with Gasteiger partial charge in [0.15, 0.2) is 5.58 Å². The Labute approximate surface area is 267 Å². The zero-order valence-electron chi connectivity index (χ0n) is 24.5. The lowest BCUT2D eigenvalue weighted by Gasteiger charge is -2.27. The van der Waals surface area contributed by atoms with E-state index < -0.39 is 0 Å². The molecule has 0 aliphatic heterocycles. The number of oxazole rings is 1. The van der Waals surface area contributed by atoms with E-state index in [0.717, 1.165) is 66.4 Å². The van der Waals surface area contributed by atoms with Crippen LogP contribution in [-0.2, 0) is 0 Å². The molecule has 7 aromatic carbocycles. The number of rotatable bonds is 4. The minimum Gasteiger partial charge on any atom is -0.456 e. The van der Waals surface area contributed by atoms with E-state index in [9.17, 15) is 0 Å². The molecular weight excluding hydrogens is 585 g/mol. The van der Waals surface area contributed by atoms with Crippen LogP contribution < -0.4 is 4.90 Å². The molecule has 0 spiro atoms. The summed E-state index contributed by atoms with van der Waals surface area (Å²) in [6, 6.07) is 50.8. The first-order valence-electron chi connectivity index (χ1n) is 15.3. The third kappa shape index (κ3) is 3.82. The summed E-state index contributed by atoms with van der Waals surface area (Å²) in [7, 11) is 0. The Hall–Kier alpha value is -5.91. The number of hydrogen-bond acceptors (Lipinski definition) is 5. The van der Waals surface area contributed by atoms with Crippen molar-refractivity contribution in [2.45, 2.75) is 0 Å². The van der Waals surface area contributed by atoms with Gasteiger partial charge in [0.1, 0.15) is 16.7 Å². The molecule has 0 radical (unpaired) electrons. The van der Waals surface area contributed by atoms with Crippen LogP contribution in [0.25, 0.3) is 75.4 Å². The van der Waals surface area contributed by atoms with Crippen LogP contribution in [0.2, 0.25) is 0 Å². The summed E-state index contributed by atoms with van der Waals surface area (Å²) in [4.78, 5) is 7.35. The Morgan fingerprint density at radius 3 is 2.04 bits per heavy atom. The molecule has 10 rings (SSSR count). The van der Waals surface area contributed by atoms with Gasteiger partial charge in [0.2, 0.25) is 5.89 Å². The Morgan fingerprint density at radius 1 is 0.478 bits per heavy atom. The summed E-state index contributed by atoms with van der Waals surface area (Å²) in [5.74, 6) is 0.610. The molecule has 216 valence electrons. The first kappa shape index (κ1) is 25.4. The molecule has 0 bridgehead atoms. The van der Waals surface area contributed by atoms with Crippen molar-refractivity contribution in [1.82, 2.24) is 4.98 Å². The first-order chi connectivity index (χ1) is 22.8. The van der Waals surface area contributed by atoms with Crippen molar-refractivity contribution in [2.24, 2.45) is 0 Å². The Morgan fingerprint density at radius 2 is 1.15 bits per heavy atom. The van der Waals surface area contributed by atoms with Gasteiger partial charge in [0.25, 0.3) is 0 Å². The van der Waals surface area contributed by atoms with Crippen molar-refractivity contribution in [3.63, 3.8) is 0 Å². The second kappa shape index (κ2) is 9.80. The lowest BCUT2D eigenvalue weighted by Crippen LogP contribution is -2.10. The van der Waals surface area contributed by atoms with E-state index in [4.69, 9.17) is 13.8 Å². The molecule has 5 heteroatoms. The molecule has 0 unspecified atom stereocenters. The summed E-state index contributed by atoms with van der Waals surface area (Å²) >= 11 is 1.83. The largest absolute Gasteiger partial charge is 0.456 e. The highest BCUT2D eigenvalue weighted by molar-refractivity contribution is 7.25. The first-order valence-corrected chi connectivity index (χ1v) is 16.1. The monoisotopic (exact) mass is 608 g/mol. The molecule has 0 atom stereocenters. The van der Waals surface area contributed by atoms with Gasteiger partial charge in [-0.25, -0.2) is 4.98 Å². The molecule has 0 saturated carbocycles. The van der Waals surface area contributed by atoms with E-state index in [1.807, 2.05) is 53.8 Å². The minimum absolute atomic E-state index is 0.610. The molecule has 0 amide bonds. The van der Waals surface area contributed by atoms with Crippen molar-refractivity contribution in [3.8, 4) is 11.5 Å². The van der Waals surface area contributed by atoms with Gasteiger partial charge in [0.05, 0.1) is 5.69 Å². The second-order valence-electron chi connectivity index (χ2n) is 11.6. The number of hydrogen-bond donors (Lipinski definition) is 0. The third-order valence-corrected chi connectivity index (χ3v) is 10.0. The summed E-state index contributed by atoms with van der Waals surface area (Å²) in [5, 5.41) is 6.81.